The number of hydrogen-bond acceptors (Lipinski definition) is 4. The number of sulfonamides is 1. The second-order valence-corrected chi connectivity index (χ2v) is 8.46. The number of fused-ring (bicyclic) bond motifs is 1. The first kappa shape index (κ1) is 15.1. The highest BCUT2D eigenvalue weighted by Crippen LogP contribution is 2.38. The van der Waals surface area contributed by atoms with Gasteiger partial charge in [-0.3, -0.25) is 4.31 Å². The molecule has 1 N–H and O–H groups in total. The molecule has 7 heteroatoms. The van der Waals surface area contributed by atoms with Crippen molar-refractivity contribution in [1.82, 2.24) is 0 Å². The third-order valence-electron chi connectivity index (χ3n) is 3.75. The Morgan fingerprint density at radius 1 is 1.36 bits per heavy atom. The van der Waals surface area contributed by atoms with Gasteiger partial charge < -0.3 is 5.11 Å². The highest BCUT2D eigenvalue weighted by molar-refractivity contribution is 7.94. The fourth-order valence-electron chi connectivity index (χ4n) is 2.79. The quantitative estimate of drug-likeness (QED) is 0.934. The average Bonchev–Trinajstić information content (AvgIpc) is 2.98. The molecule has 22 heavy (non-hydrogen) atoms. The standard InChI is InChI=1S/C15H15NO4S2/c1-9-7-13(21-14(9)15(17)18)22(19,20)16-10(2)8-11-5-3-4-6-12(11)16/h3-7,10H,8H2,1-2H3,(H,17,18). The van der Waals surface area contributed by atoms with E-state index in [1.807, 2.05) is 25.1 Å². The summed E-state index contributed by atoms with van der Waals surface area (Å²) in [4.78, 5) is 11.2. The van der Waals surface area contributed by atoms with Crippen LogP contribution in [0.3, 0.4) is 0 Å². The Hall–Kier alpha value is -1.86. The number of carbonyl (C=O) groups is 1. The molecule has 0 saturated carbocycles. The van der Waals surface area contributed by atoms with E-state index in [1.165, 1.54) is 10.4 Å². The highest BCUT2D eigenvalue weighted by Gasteiger charge is 2.37. The molecule has 0 fully saturated rings. The molecule has 2 heterocycles. The van der Waals surface area contributed by atoms with E-state index in [2.05, 4.69) is 0 Å². The van der Waals surface area contributed by atoms with Crippen LogP contribution < -0.4 is 4.31 Å². The lowest BCUT2D eigenvalue weighted by atomic mass is 10.1. The summed E-state index contributed by atoms with van der Waals surface area (Å²) in [6, 6.07) is 8.66. The molecular formula is C15H15NO4S2. The molecule has 1 unspecified atom stereocenters. The van der Waals surface area contributed by atoms with Gasteiger partial charge in [0.05, 0.1) is 5.69 Å². The minimum atomic E-state index is -3.75. The van der Waals surface area contributed by atoms with Gasteiger partial charge in [-0.25, -0.2) is 13.2 Å². The molecule has 1 aliphatic rings. The monoisotopic (exact) mass is 337 g/mol. The zero-order valence-corrected chi connectivity index (χ0v) is 13.7. The van der Waals surface area contributed by atoms with E-state index in [4.69, 9.17) is 5.11 Å². The predicted molar refractivity (Wildman–Crippen MR) is 85.3 cm³/mol. The summed E-state index contributed by atoms with van der Waals surface area (Å²) < 4.78 is 27.4. The van der Waals surface area contributed by atoms with Gasteiger partial charge in [-0.2, -0.15) is 0 Å². The van der Waals surface area contributed by atoms with E-state index >= 15 is 0 Å². The number of hydrogen-bond donors (Lipinski definition) is 1. The Kier molecular flexibility index (Phi) is 3.49. The molecule has 116 valence electrons. The largest absolute Gasteiger partial charge is 0.477 e. The lowest BCUT2D eigenvalue weighted by Crippen LogP contribution is -2.35. The van der Waals surface area contributed by atoms with Crippen LogP contribution in [0.5, 0.6) is 0 Å². The molecule has 2 aromatic rings. The number of aryl methyl sites for hydroxylation is 1. The van der Waals surface area contributed by atoms with Crippen molar-refractivity contribution in [3.8, 4) is 0 Å². The molecule has 0 bridgehead atoms. The SMILES string of the molecule is Cc1cc(S(=O)(=O)N2c3ccccc3CC2C)sc1C(=O)O. The molecule has 0 spiro atoms. The molecule has 1 aromatic carbocycles. The number of nitrogens with zero attached hydrogens (tertiary/aromatic N) is 1. The van der Waals surface area contributed by atoms with Gasteiger partial charge in [0.25, 0.3) is 10.0 Å². The van der Waals surface area contributed by atoms with Crippen molar-refractivity contribution in [2.75, 3.05) is 4.31 Å². The summed E-state index contributed by atoms with van der Waals surface area (Å²) in [6.07, 6.45) is 0.658. The number of rotatable bonds is 3. The number of carboxylic acids is 1. The van der Waals surface area contributed by atoms with E-state index in [-0.39, 0.29) is 15.1 Å². The second kappa shape index (κ2) is 5.10. The number of carboxylic acid groups (broad SMARTS) is 1. The van der Waals surface area contributed by atoms with Crippen molar-refractivity contribution in [1.29, 1.82) is 0 Å². The van der Waals surface area contributed by atoms with Crippen LogP contribution in [-0.4, -0.2) is 25.5 Å². The van der Waals surface area contributed by atoms with Crippen LogP contribution in [0.4, 0.5) is 5.69 Å². The van der Waals surface area contributed by atoms with Crippen molar-refractivity contribution < 1.29 is 18.3 Å². The van der Waals surface area contributed by atoms with Crippen molar-refractivity contribution in [3.63, 3.8) is 0 Å². The molecule has 1 aliphatic heterocycles. The number of anilines is 1. The van der Waals surface area contributed by atoms with Crippen LogP contribution >= 0.6 is 11.3 Å². The van der Waals surface area contributed by atoms with Crippen LogP contribution in [0.25, 0.3) is 0 Å². The summed E-state index contributed by atoms with van der Waals surface area (Å²) >= 11 is 0.809. The Bertz CT molecular complexity index is 854. The van der Waals surface area contributed by atoms with Gasteiger partial charge in [-0.05, 0) is 43.5 Å². The van der Waals surface area contributed by atoms with Crippen molar-refractivity contribution in [2.45, 2.75) is 30.5 Å². The fraction of sp³-hybridized carbons (Fsp3) is 0.267. The van der Waals surface area contributed by atoms with Crippen LogP contribution in [0.1, 0.15) is 27.7 Å². The molecule has 3 rings (SSSR count). The fourth-order valence-corrected chi connectivity index (χ4v) is 5.95. The highest BCUT2D eigenvalue weighted by atomic mass is 32.2. The Morgan fingerprint density at radius 3 is 2.68 bits per heavy atom. The Morgan fingerprint density at radius 2 is 2.05 bits per heavy atom. The predicted octanol–water partition coefficient (Wildman–Crippen LogP) is 2.89. The summed E-state index contributed by atoms with van der Waals surface area (Å²) in [7, 11) is -3.75. The van der Waals surface area contributed by atoms with Crippen LogP contribution in [0.2, 0.25) is 0 Å². The number of benzene rings is 1. The van der Waals surface area contributed by atoms with Gasteiger partial charge >= 0.3 is 5.97 Å². The van der Waals surface area contributed by atoms with Gasteiger partial charge in [-0.1, -0.05) is 18.2 Å². The van der Waals surface area contributed by atoms with E-state index in [9.17, 15) is 13.2 Å². The Labute approximate surface area is 132 Å². The van der Waals surface area contributed by atoms with E-state index < -0.39 is 16.0 Å². The topological polar surface area (TPSA) is 74.7 Å². The molecular weight excluding hydrogens is 322 g/mol. The molecule has 0 radical (unpaired) electrons. The van der Waals surface area contributed by atoms with E-state index in [1.54, 1.807) is 13.0 Å². The summed E-state index contributed by atoms with van der Waals surface area (Å²) in [6.45, 7) is 3.47. The maximum absolute atomic E-state index is 12.9. The van der Waals surface area contributed by atoms with Gasteiger partial charge in [0.15, 0.2) is 0 Å². The van der Waals surface area contributed by atoms with Gasteiger partial charge in [0.2, 0.25) is 0 Å². The van der Waals surface area contributed by atoms with Crippen LogP contribution in [-0.2, 0) is 16.4 Å². The van der Waals surface area contributed by atoms with Gasteiger partial charge in [0.1, 0.15) is 9.09 Å². The van der Waals surface area contributed by atoms with E-state index in [0.717, 1.165) is 16.9 Å². The number of aromatic carboxylic acids is 1. The molecule has 0 saturated heterocycles. The molecule has 1 aromatic heterocycles. The normalized spacial score (nSPS) is 17.5. The van der Waals surface area contributed by atoms with Crippen molar-refractivity contribution in [3.05, 3.63) is 46.3 Å². The van der Waals surface area contributed by atoms with Crippen molar-refractivity contribution >= 4 is 33.0 Å². The molecule has 0 aliphatic carbocycles. The van der Waals surface area contributed by atoms with E-state index in [0.29, 0.717) is 17.7 Å². The summed E-state index contributed by atoms with van der Waals surface area (Å²) in [5.74, 6) is -1.10. The molecule has 1 atom stereocenters. The van der Waals surface area contributed by atoms with Crippen LogP contribution in [0, 0.1) is 6.92 Å². The zero-order chi connectivity index (χ0) is 16.1. The van der Waals surface area contributed by atoms with Gasteiger partial charge in [-0.15, -0.1) is 11.3 Å². The summed E-state index contributed by atoms with van der Waals surface area (Å²) in [5.41, 5.74) is 2.14. The smallest absolute Gasteiger partial charge is 0.346 e. The maximum atomic E-state index is 12.9. The lowest BCUT2D eigenvalue weighted by molar-refractivity contribution is 0.0701. The lowest BCUT2D eigenvalue weighted by Gasteiger charge is -2.23. The summed E-state index contributed by atoms with van der Waals surface area (Å²) in [5, 5.41) is 9.12. The second-order valence-electron chi connectivity index (χ2n) is 5.37. The number of thiophene rings is 1. The minimum absolute atomic E-state index is 0.0683. The average molecular weight is 337 g/mol. The third kappa shape index (κ3) is 2.21. The molecule has 0 amide bonds. The molecule has 5 nitrogen and oxygen atoms in total. The third-order valence-corrected chi connectivity index (χ3v) is 7.35. The minimum Gasteiger partial charge on any atom is -0.477 e. The first-order valence-electron chi connectivity index (χ1n) is 6.78. The maximum Gasteiger partial charge on any atom is 0.346 e. The zero-order valence-electron chi connectivity index (χ0n) is 12.1. The Balaban J connectivity index is 2.11. The van der Waals surface area contributed by atoms with Gasteiger partial charge in [0, 0.05) is 6.04 Å². The first-order chi connectivity index (χ1) is 10.3. The van der Waals surface area contributed by atoms with Crippen LogP contribution in [0.15, 0.2) is 34.5 Å². The van der Waals surface area contributed by atoms with Crippen molar-refractivity contribution in [2.24, 2.45) is 0 Å². The first-order valence-corrected chi connectivity index (χ1v) is 9.04. The number of para-hydroxylation sites is 1.